The van der Waals surface area contributed by atoms with Crippen LogP contribution in [0.3, 0.4) is 0 Å². The summed E-state index contributed by atoms with van der Waals surface area (Å²) in [6.07, 6.45) is 2.31. The van der Waals surface area contributed by atoms with Crippen LogP contribution in [0.1, 0.15) is 25.0 Å². The molecule has 0 aromatic heterocycles. The molecule has 0 aliphatic rings. The highest BCUT2D eigenvalue weighted by Gasteiger charge is 1.93. The number of hydrogen-bond donors (Lipinski definition) is 1. The fourth-order valence-corrected chi connectivity index (χ4v) is 1.25. The molecule has 0 aliphatic carbocycles. The van der Waals surface area contributed by atoms with Gasteiger partial charge in [0.1, 0.15) is 0 Å². The summed E-state index contributed by atoms with van der Waals surface area (Å²) in [5, 5.41) is 6.89. The van der Waals surface area contributed by atoms with E-state index in [2.05, 4.69) is 38.1 Å². The Hall–Kier alpha value is -1.31. The molecule has 0 aliphatic heterocycles. The van der Waals surface area contributed by atoms with Crippen LogP contribution in [0.4, 0.5) is 0 Å². The standard InChI is InChI=1S/C10H14.CH2O2/c1-3-9-7-5-6-8-10(9)4-2;2-1-3/h5-8H,3-4H2,1-2H3;1H,(H,2,3). The van der Waals surface area contributed by atoms with Crippen LogP contribution >= 0.6 is 0 Å². The number of rotatable bonds is 2. The van der Waals surface area contributed by atoms with Gasteiger partial charge in [0.25, 0.3) is 6.47 Å². The van der Waals surface area contributed by atoms with E-state index in [9.17, 15) is 0 Å². The van der Waals surface area contributed by atoms with E-state index in [0.29, 0.717) is 0 Å². The zero-order chi connectivity index (χ0) is 10.1. The van der Waals surface area contributed by atoms with Crippen LogP contribution in [-0.4, -0.2) is 11.6 Å². The van der Waals surface area contributed by atoms with Gasteiger partial charge in [-0.3, -0.25) is 4.79 Å². The monoisotopic (exact) mass is 180 g/mol. The molecule has 2 nitrogen and oxygen atoms in total. The molecule has 1 N–H and O–H groups in total. The predicted octanol–water partition coefficient (Wildman–Crippen LogP) is 2.51. The molecule has 1 aromatic rings. The number of carbonyl (C=O) groups is 1. The Morgan fingerprint density at radius 2 is 1.46 bits per heavy atom. The van der Waals surface area contributed by atoms with E-state index >= 15 is 0 Å². The zero-order valence-electron chi connectivity index (χ0n) is 8.16. The molecule has 0 fully saturated rings. The fraction of sp³-hybridized carbons (Fsp3) is 0.364. The number of carboxylic acid groups (broad SMARTS) is 1. The summed E-state index contributed by atoms with van der Waals surface area (Å²) in [5.74, 6) is 0. The summed E-state index contributed by atoms with van der Waals surface area (Å²) in [5.41, 5.74) is 2.98. The van der Waals surface area contributed by atoms with Gasteiger partial charge in [-0.25, -0.2) is 0 Å². The molecule has 0 spiro atoms. The van der Waals surface area contributed by atoms with Crippen molar-refractivity contribution < 1.29 is 9.90 Å². The summed E-state index contributed by atoms with van der Waals surface area (Å²) >= 11 is 0. The minimum Gasteiger partial charge on any atom is -0.483 e. The van der Waals surface area contributed by atoms with E-state index in [1.807, 2.05) is 0 Å². The van der Waals surface area contributed by atoms with E-state index in [-0.39, 0.29) is 6.47 Å². The first-order chi connectivity index (χ1) is 6.29. The maximum absolute atomic E-state index is 8.36. The topological polar surface area (TPSA) is 37.3 Å². The van der Waals surface area contributed by atoms with Crippen molar-refractivity contribution in [2.45, 2.75) is 26.7 Å². The van der Waals surface area contributed by atoms with Crippen LogP contribution in [0.2, 0.25) is 0 Å². The molecule has 1 rings (SSSR count). The lowest BCUT2D eigenvalue weighted by Crippen LogP contribution is -1.88. The Balaban J connectivity index is 0.000000424. The molecule has 0 saturated carbocycles. The van der Waals surface area contributed by atoms with Crippen molar-refractivity contribution in [3.63, 3.8) is 0 Å². The SMILES string of the molecule is CCc1ccccc1CC.O=CO. The molecule has 2 heteroatoms. The van der Waals surface area contributed by atoms with Crippen LogP contribution in [-0.2, 0) is 17.6 Å². The summed E-state index contributed by atoms with van der Waals surface area (Å²) < 4.78 is 0. The lowest BCUT2D eigenvalue weighted by atomic mass is 10.0. The minimum absolute atomic E-state index is 0.250. The Morgan fingerprint density at radius 1 is 1.15 bits per heavy atom. The van der Waals surface area contributed by atoms with Gasteiger partial charge in [0.05, 0.1) is 0 Å². The molecule has 0 atom stereocenters. The Labute approximate surface area is 79.2 Å². The smallest absolute Gasteiger partial charge is 0.290 e. The van der Waals surface area contributed by atoms with Gasteiger partial charge in [0.15, 0.2) is 0 Å². The first-order valence-corrected chi connectivity index (χ1v) is 4.44. The quantitative estimate of drug-likeness (QED) is 0.710. The van der Waals surface area contributed by atoms with Crippen molar-refractivity contribution in [3.05, 3.63) is 35.4 Å². The summed E-state index contributed by atoms with van der Waals surface area (Å²) in [6.45, 7) is 4.16. The average molecular weight is 180 g/mol. The Bertz CT molecular complexity index is 221. The molecule has 0 bridgehead atoms. The lowest BCUT2D eigenvalue weighted by molar-refractivity contribution is -0.122. The third kappa shape index (κ3) is 4.31. The molecule has 72 valence electrons. The second-order valence-electron chi connectivity index (χ2n) is 2.58. The van der Waals surface area contributed by atoms with Crippen molar-refractivity contribution in [3.8, 4) is 0 Å². The molecule has 0 saturated heterocycles. The molecule has 1 aromatic carbocycles. The lowest BCUT2D eigenvalue weighted by Gasteiger charge is -2.02. The van der Waals surface area contributed by atoms with Crippen LogP contribution in [0.5, 0.6) is 0 Å². The third-order valence-electron chi connectivity index (χ3n) is 1.88. The molecule has 0 unspecified atom stereocenters. The molecule has 13 heavy (non-hydrogen) atoms. The van der Waals surface area contributed by atoms with Crippen molar-refractivity contribution in [1.29, 1.82) is 0 Å². The number of aryl methyl sites for hydroxylation is 2. The van der Waals surface area contributed by atoms with Crippen LogP contribution < -0.4 is 0 Å². The van der Waals surface area contributed by atoms with Crippen LogP contribution in [0.25, 0.3) is 0 Å². The van der Waals surface area contributed by atoms with Crippen molar-refractivity contribution >= 4 is 6.47 Å². The van der Waals surface area contributed by atoms with E-state index in [0.717, 1.165) is 12.8 Å². The van der Waals surface area contributed by atoms with Gasteiger partial charge in [-0.05, 0) is 24.0 Å². The summed E-state index contributed by atoms with van der Waals surface area (Å²) in [6, 6.07) is 8.63. The zero-order valence-corrected chi connectivity index (χ0v) is 8.16. The summed E-state index contributed by atoms with van der Waals surface area (Å²) in [7, 11) is 0. The maximum atomic E-state index is 8.36. The van der Waals surface area contributed by atoms with Gasteiger partial charge in [0, 0.05) is 0 Å². The molecular formula is C11H16O2. The van der Waals surface area contributed by atoms with E-state index in [4.69, 9.17) is 9.90 Å². The maximum Gasteiger partial charge on any atom is 0.290 e. The van der Waals surface area contributed by atoms with E-state index in [1.54, 1.807) is 0 Å². The van der Waals surface area contributed by atoms with Gasteiger partial charge in [0.2, 0.25) is 0 Å². The predicted molar refractivity (Wildman–Crippen MR) is 53.9 cm³/mol. The van der Waals surface area contributed by atoms with E-state index < -0.39 is 0 Å². The first kappa shape index (κ1) is 11.7. The summed E-state index contributed by atoms with van der Waals surface area (Å²) in [4.78, 5) is 8.36. The highest BCUT2D eigenvalue weighted by molar-refractivity contribution is 5.32. The van der Waals surface area contributed by atoms with Gasteiger partial charge in [-0.1, -0.05) is 38.1 Å². The van der Waals surface area contributed by atoms with Crippen LogP contribution in [0, 0.1) is 0 Å². The van der Waals surface area contributed by atoms with Crippen LogP contribution in [0.15, 0.2) is 24.3 Å². The number of hydrogen-bond acceptors (Lipinski definition) is 1. The van der Waals surface area contributed by atoms with Gasteiger partial charge in [-0.2, -0.15) is 0 Å². The Morgan fingerprint density at radius 3 is 1.69 bits per heavy atom. The first-order valence-electron chi connectivity index (χ1n) is 4.44. The minimum atomic E-state index is -0.250. The molecule has 0 amide bonds. The van der Waals surface area contributed by atoms with Crippen molar-refractivity contribution in [1.82, 2.24) is 0 Å². The third-order valence-corrected chi connectivity index (χ3v) is 1.88. The van der Waals surface area contributed by atoms with Crippen molar-refractivity contribution in [2.24, 2.45) is 0 Å². The highest BCUT2D eigenvalue weighted by Crippen LogP contribution is 2.08. The van der Waals surface area contributed by atoms with Gasteiger partial charge in [-0.15, -0.1) is 0 Å². The Kier molecular flexibility index (Phi) is 6.60. The number of benzene rings is 1. The second-order valence-corrected chi connectivity index (χ2v) is 2.58. The molecule has 0 radical (unpaired) electrons. The molecular weight excluding hydrogens is 164 g/mol. The van der Waals surface area contributed by atoms with Crippen molar-refractivity contribution in [2.75, 3.05) is 0 Å². The average Bonchev–Trinajstić information content (AvgIpc) is 2.19. The normalized spacial score (nSPS) is 8.46. The largest absolute Gasteiger partial charge is 0.483 e. The highest BCUT2D eigenvalue weighted by atomic mass is 16.3. The van der Waals surface area contributed by atoms with E-state index in [1.165, 1.54) is 11.1 Å². The second kappa shape index (κ2) is 7.35. The van der Waals surface area contributed by atoms with Gasteiger partial charge < -0.3 is 5.11 Å². The fourth-order valence-electron chi connectivity index (χ4n) is 1.25. The molecule has 0 heterocycles. The van der Waals surface area contributed by atoms with Gasteiger partial charge >= 0.3 is 0 Å².